The summed E-state index contributed by atoms with van der Waals surface area (Å²) in [6.45, 7) is 6.74. The Labute approximate surface area is 140 Å². The Kier molecular flexibility index (Phi) is 5.04. The van der Waals surface area contributed by atoms with Crippen LogP contribution >= 0.6 is 11.6 Å². The second-order valence-corrected chi connectivity index (χ2v) is 7.02. The van der Waals surface area contributed by atoms with Crippen LogP contribution in [-0.4, -0.2) is 41.6 Å². The maximum absolute atomic E-state index is 12.0. The van der Waals surface area contributed by atoms with E-state index in [1.807, 2.05) is 20.8 Å². The van der Waals surface area contributed by atoms with Crippen LogP contribution in [0.1, 0.15) is 37.6 Å². The van der Waals surface area contributed by atoms with Gasteiger partial charge in [0.25, 0.3) is 0 Å². The van der Waals surface area contributed by atoms with E-state index in [0.717, 1.165) is 12.1 Å². The van der Waals surface area contributed by atoms with Crippen molar-refractivity contribution in [1.29, 1.82) is 0 Å². The maximum Gasteiger partial charge on any atom is 0.410 e. The first-order chi connectivity index (χ1) is 10.7. The number of halogens is 1. The fourth-order valence-corrected chi connectivity index (χ4v) is 2.68. The van der Waals surface area contributed by atoms with Gasteiger partial charge in [-0.15, -0.1) is 0 Å². The topological polar surface area (TPSA) is 84.7 Å². The lowest BCUT2D eigenvalue weighted by atomic mass is 10.1. The van der Waals surface area contributed by atoms with Crippen molar-refractivity contribution < 1.29 is 14.3 Å². The van der Waals surface area contributed by atoms with Gasteiger partial charge in [-0.2, -0.15) is 0 Å². The molecule has 7 heteroatoms. The van der Waals surface area contributed by atoms with E-state index in [4.69, 9.17) is 22.1 Å². The van der Waals surface area contributed by atoms with E-state index in [0.29, 0.717) is 23.7 Å². The van der Waals surface area contributed by atoms with Gasteiger partial charge < -0.3 is 20.7 Å². The summed E-state index contributed by atoms with van der Waals surface area (Å²) in [4.78, 5) is 24.9. The molecule has 0 radical (unpaired) electrons. The van der Waals surface area contributed by atoms with E-state index in [1.54, 1.807) is 23.1 Å². The number of carbonyl (C=O) groups is 2. The van der Waals surface area contributed by atoms with Gasteiger partial charge in [-0.05, 0) is 45.4 Å². The molecule has 0 aromatic heterocycles. The van der Waals surface area contributed by atoms with Crippen molar-refractivity contribution >= 4 is 29.3 Å². The summed E-state index contributed by atoms with van der Waals surface area (Å²) in [6, 6.07) is 5.12. The van der Waals surface area contributed by atoms with E-state index < -0.39 is 11.5 Å². The number of likely N-dealkylation sites (tertiary alicyclic amines) is 1. The number of nitrogens with two attached hydrogens (primary N) is 1. The molecule has 3 N–H and O–H groups in total. The van der Waals surface area contributed by atoms with Crippen molar-refractivity contribution in [1.82, 2.24) is 4.90 Å². The van der Waals surface area contributed by atoms with Gasteiger partial charge in [0, 0.05) is 24.8 Å². The molecule has 1 aliphatic heterocycles. The number of benzene rings is 1. The van der Waals surface area contributed by atoms with Crippen LogP contribution in [0.3, 0.4) is 0 Å². The van der Waals surface area contributed by atoms with Gasteiger partial charge in [-0.1, -0.05) is 11.6 Å². The Balaban J connectivity index is 1.94. The van der Waals surface area contributed by atoms with E-state index >= 15 is 0 Å². The van der Waals surface area contributed by atoms with Gasteiger partial charge in [0.1, 0.15) is 5.60 Å². The third-order valence-corrected chi connectivity index (χ3v) is 3.76. The van der Waals surface area contributed by atoms with Crippen molar-refractivity contribution in [3.8, 4) is 0 Å². The first-order valence-electron chi connectivity index (χ1n) is 7.49. The predicted octanol–water partition coefficient (Wildman–Crippen LogP) is 2.86. The molecule has 1 heterocycles. The Bertz CT molecular complexity index is 613. The molecule has 1 atom stereocenters. The highest BCUT2D eigenvalue weighted by molar-refractivity contribution is 6.34. The van der Waals surface area contributed by atoms with Crippen LogP contribution in [-0.2, 0) is 4.74 Å². The summed E-state index contributed by atoms with van der Waals surface area (Å²) < 4.78 is 5.37. The second kappa shape index (κ2) is 6.66. The van der Waals surface area contributed by atoms with Gasteiger partial charge in [-0.3, -0.25) is 4.79 Å². The van der Waals surface area contributed by atoms with Crippen LogP contribution < -0.4 is 11.1 Å². The number of primary amides is 1. The molecule has 23 heavy (non-hydrogen) atoms. The van der Waals surface area contributed by atoms with Gasteiger partial charge in [0.15, 0.2) is 0 Å². The van der Waals surface area contributed by atoms with E-state index in [1.165, 1.54) is 0 Å². The zero-order chi connectivity index (χ0) is 17.2. The molecular formula is C16H22ClN3O3. The van der Waals surface area contributed by atoms with Gasteiger partial charge in [-0.25, -0.2) is 4.79 Å². The molecule has 0 saturated carbocycles. The molecule has 2 amide bonds. The first kappa shape index (κ1) is 17.4. The van der Waals surface area contributed by atoms with Crippen LogP contribution in [0.2, 0.25) is 5.02 Å². The predicted molar refractivity (Wildman–Crippen MR) is 89.8 cm³/mol. The molecule has 1 aromatic rings. The Hall–Kier alpha value is -1.95. The smallest absolute Gasteiger partial charge is 0.410 e. The molecule has 0 spiro atoms. The average molecular weight is 340 g/mol. The van der Waals surface area contributed by atoms with Crippen molar-refractivity contribution in [3.63, 3.8) is 0 Å². The van der Waals surface area contributed by atoms with Crippen LogP contribution in [0.15, 0.2) is 18.2 Å². The van der Waals surface area contributed by atoms with Crippen molar-refractivity contribution in [2.45, 2.75) is 38.8 Å². The zero-order valence-corrected chi connectivity index (χ0v) is 14.3. The summed E-state index contributed by atoms with van der Waals surface area (Å²) in [6.07, 6.45) is 0.512. The standard InChI is InChI=1S/C16H22ClN3O3/c1-16(2,3)23-15(22)20-7-6-11(9-20)19-10-4-5-12(14(18)21)13(17)8-10/h4-5,8,11,19H,6-7,9H2,1-3H3,(H2,18,21). The van der Waals surface area contributed by atoms with Crippen LogP contribution in [0.25, 0.3) is 0 Å². The Morgan fingerprint density at radius 1 is 1.39 bits per heavy atom. The number of nitrogens with one attached hydrogen (secondary N) is 1. The molecule has 1 unspecified atom stereocenters. The summed E-state index contributed by atoms with van der Waals surface area (Å²) in [5.74, 6) is -0.557. The molecule has 0 bridgehead atoms. The normalized spacial score (nSPS) is 17.9. The highest BCUT2D eigenvalue weighted by Crippen LogP contribution is 2.23. The largest absolute Gasteiger partial charge is 0.444 e. The number of amides is 2. The molecule has 1 aromatic carbocycles. The molecule has 0 aliphatic carbocycles. The van der Waals surface area contributed by atoms with Crippen LogP contribution in [0.5, 0.6) is 0 Å². The van der Waals surface area contributed by atoms with Gasteiger partial charge in [0.05, 0.1) is 10.6 Å². The number of anilines is 1. The molecule has 1 aliphatic rings. The molecule has 2 rings (SSSR count). The number of nitrogens with zero attached hydrogens (tertiary/aromatic N) is 1. The average Bonchev–Trinajstić information content (AvgIpc) is 2.85. The van der Waals surface area contributed by atoms with Crippen molar-refractivity contribution in [2.75, 3.05) is 18.4 Å². The lowest BCUT2D eigenvalue weighted by Gasteiger charge is -2.24. The SMILES string of the molecule is CC(C)(C)OC(=O)N1CCC(Nc2ccc(C(N)=O)c(Cl)c2)C1. The number of hydrogen-bond donors (Lipinski definition) is 2. The Morgan fingerprint density at radius 2 is 2.09 bits per heavy atom. The Morgan fingerprint density at radius 3 is 2.65 bits per heavy atom. The van der Waals surface area contributed by atoms with Crippen molar-refractivity contribution in [2.24, 2.45) is 5.73 Å². The highest BCUT2D eigenvalue weighted by atomic mass is 35.5. The summed E-state index contributed by atoms with van der Waals surface area (Å²) >= 11 is 6.04. The quantitative estimate of drug-likeness (QED) is 0.886. The van der Waals surface area contributed by atoms with Crippen LogP contribution in [0.4, 0.5) is 10.5 Å². The summed E-state index contributed by atoms with van der Waals surface area (Å²) in [5.41, 5.74) is 5.81. The van der Waals surface area contributed by atoms with E-state index in [2.05, 4.69) is 5.32 Å². The third kappa shape index (κ3) is 4.76. The number of ether oxygens (including phenoxy) is 1. The lowest BCUT2D eigenvalue weighted by Crippen LogP contribution is -2.36. The minimum Gasteiger partial charge on any atom is -0.444 e. The third-order valence-electron chi connectivity index (χ3n) is 3.45. The lowest BCUT2D eigenvalue weighted by molar-refractivity contribution is 0.0293. The number of hydrogen-bond acceptors (Lipinski definition) is 4. The number of rotatable bonds is 3. The minimum atomic E-state index is -0.557. The van der Waals surface area contributed by atoms with Gasteiger partial charge in [0.2, 0.25) is 5.91 Å². The maximum atomic E-state index is 12.0. The molecule has 1 saturated heterocycles. The molecule has 126 valence electrons. The first-order valence-corrected chi connectivity index (χ1v) is 7.87. The second-order valence-electron chi connectivity index (χ2n) is 6.62. The van der Waals surface area contributed by atoms with E-state index in [-0.39, 0.29) is 12.1 Å². The summed E-state index contributed by atoms with van der Waals surface area (Å²) in [7, 11) is 0. The van der Waals surface area contributed by atoms with Gasteiger partial charge >= 0.3 is 6.09 Å². The zero-order valence-electron chi connectivity index (χ0n) is 13.6. The highest BCUT2D eigenvalue weighted by Gasteiger charge is 2.29. The van der Waals surface area contributed by atoms with Crippen molar-refractivity contribution in [3.05, 3.63) is 28.8 Å². The molecular weight excluding hydrogens is 318 g/mol. The van der Waals surface area contributed by atoms with E-state index in [9.17, 15) is 9.59 Å². The molecule has 6 nitrogen and oxygen atoms in total. The number of carbonyl (C=O) groups excluding carboxylic acids is 2. The van der Waals surface area contributed by atoms with Crippen LogP contribution in [0, 0.1) is 0 Å². The fourth-order valence-electron chi connectivity index (χ4n) is 2.41. The minimum absolute atomic E-state index is 0.109. The summed E-state index contributed by atoms with van der Waals surface area (Å²) in [5, 5.41) is 3.62. The molecule has 1 fully saturated rings. The monoisotopic (exact) mass is 339 g/mol. The fraction of sp³-hybridized carbons (Fsp3) is 0.500.